The molecule has 0 radical (unpaired) electrons. The third kappa shape index (κ3) is 5.13. The van der Waals surface area contributed by atoms with Gasteiger partial charge in [0.2, 0.25) is 0 Å². The summed E-state index contributed by atoms with van der Waals surface area (Å²) in [6.45, 7) is 4.32. The molecule has 0 aromatic carbocycles. The van der Waals surface area contributed by atoms with E-state index >= 15 is 0 Å². The lowest BCUT2D eigenvalue weighted by Gasteiger charge is -2.17. The Labute approximate surface area is 108 Å². The second-order valence-electron chi connectivity index (χ2n) is 3.85. The highest BCUT2D eigenvalue weighted by atomic mass is 32.2. The maximum Gasteiger partial charge on any atom is 0.279 e. The Morgan fingerprint density at radius 2 is 2.28 bits per heavy atom. The molecule has 2 N–H and O–H groups in total. The number of aromatic nitrogens is 1. The van der Waals surface area contributed by atoms with Crippen molar-refractivity contribution < 1.29 is 12.9 Å². The summed E-state index contributed by atoms with van der Waals surface area (Å²) in [5, 5.41) is 6.78. The van der Waals surface area contributed by atoms with Crippen molar-refractivity contribution in [3.63, 3.8) is 0 Å². The molecular formula is C10H20N4O3S. The third-order valence-corrected chi connectivity index (χ3v) is 3.93. The van der Waals surface area contributed by atoms with E-state index in [0.717, 1.165) is 19.5 Å². The normalized spacial score (nSPS) is 12.2. The van der Waals surface area contributed by atoms with E-state index in [0.29, 0.717) is 12.2 Å². The van der Waals surface area contributed by atoms with E-state index in [4.69, 9.17) is 0 Å². The van der Waals surface area contributed by atoms with Crippen LogP contribution >= 0.6 is 0 Å². The van der Waals surface area contributed by atoms with E-state index in [1.165, 1.54) is 10.6 Å². The molecule has 0 aliphatic carbocycles. The summed E-state index contributed by atoms with van der Waals surface area (Å²) in [5.74, 6) is 0. The van der Waals surface area contributed by atoms with Crippen molar-refractivity contribution in [3.8, 4) is 0 Å². The highest BCUT2D eigenvalue weighted by molar-refractivity contribution is 7.87. The standard InChI is InChI=1S/C10H20N4O3S/c1-3-11-6-4-7-14(2)18(15,16)12-9-10-5-8-17-13-10/h5,8,11-12H,3-4,6-7,9H2,1-2H3. The molecule has 1 aromatic rings. The Balaban J connectivity index is 2.33. The molecule has 1 aromatic heterocycles. The molecule has 7 nitrogen and oxygen atoms in total. The number of nitrogens with zero attached hydrogens (tertiary/aromatic N) is 2. The molecule has 0 fully saturated rings. The van der Waals surface area contributed by atoms with E-state index in [1.807, 2.05) is 6.92 Å². The number of nitrogens with one attached hydrogen (secondary N) is 2. The zero-order chi connectivity index (χ0) is 13.4. The van der Waals surface area contributed by atoms with Crippen molar-refractivity contribution in [1.82, 2.24) is 19.5 Å². The van der Waals surface area contributed by atoms with Crippen molar-refractivity contribution in [2.75, 3.05) is 26.7 Å². The zero-order valence-corrected chi connectivity index (χ0v) is 11.5. The summed E-state index contributed by atoms with van der Waals surface area (Å²) in [6, 6.07) is 1.62. The summed E-state index contributed by atoms with van der Waals surface area (Å²) in [6.07, 6.45) is 2.18. The minimum atomic E-state index is -3.45. The number of rotatable bonds is 9. The van der Waals surface area contributed by atoms with Gasteiger partial charge in [0.15, 0.2) is 0 Å². The first-order chi connectivity index (χ1) is 8.56. The Morgan fingerprint density at radius 1 is 1.50 bits per heavy atom. The van der Waals surface area contributed by atoms with Crippen molar-refractivity contribution in [2.45, 2.75) is 19.9 Å². The van der Waals surface area contributed by atoms with Gasteiger partial charge in [-0.3, -0.25) is 0 Å². The van der Waals surface area contributed by atoms with Gasteiger partial charge in [0.25, 0.3) is 10.2 Å². The Morgan fingerprint density at radius 3 is 2.89 bits per heavy atom. The van der Waals surface area contributed by atoms with Crippen LogP contribution in [-0.4, -0.2) is 44.6 Å². The zero-order valence-electron chi connectivity index (χ0n) is 10.7. The maximum absolute atomic E-state index is 11.8. The summed E-state index contributed by atoms with van der Waals surface area (Å²) < 4.78 is 32.0. The first-order valence-corrected chi connectivity index (χ1v) is 7.31. The molecule has 0 aliphatic rings. The Kier molecular flexibility index (Phi) is 6.27. The van der Waals surface area contributed by atoms with E-state index in [-0.39, 0.29) is 6.54 Å². The van der Waals surface area contributed by atoms with Crippen LogP contribution in [0.2, 0.25) is 0 Å². The molecule has 0 atom stereocenters. The summed E-state index contributed by atoms with van der Waals surface area (Å²) in [4.78, 5) is 0. The number of hydrogen-bond acceptors (Lipinski definition) is 5. The molecule has 0 saturated heterocycles. The van der Waals surface area contributed by atoms with Crippen LogP contribution < -0.4 is 10.0 Å². The third-order valence-electron chi connectivity index (χ3n) is 2.41. The van der Waals surface area contributed by atoms with Gasteiger partial charge in [0, 0.05) is 19.7 Å². The van der Waals surface area contributed by atoms with Gasteiger partial charge >= 0.3 is 0 Å². The fraction of sp³-hybridized carbons (Fsp3) is 0.700. The van der Waals surface area contributed by atoms with Crippen LogP contribution in [0.4, 0.5) is 0 Å². The minimum absolute atomic E-state index is 0.135. The van der Waals surface area contributed by atoms with Crippen LogP contribution in [0.5, 0.6) is 0 Å². The van der Waals surface area contributed by atoms with Gasteiger partial charge in [-0.2, -0.15) is 17.4 Å². The molecule has 0 unspecified atom stereocenters. The highest BCUT2D eigenvalue weighted by Gasteiger charge is 2.16. The van der Waals surface area contributed by atoms with Crippen molar-refractivity contribution in [1.29, 1.82) is 0 Å². The molecule has 0 amide bonds. The minimum Gasteiger partial charge on any atom is -0.364 e. The fourth-order valence-corrected chi connectivity index (χ4v) is 2.25. The average molecular weight is 276 g/mol. The molecule has 18 heavy (non-hydrogen) atoms. The predicted octanol–water partition coefficient (Wildman–Crippen LogP) is -0.0596. The van der Waals surface area contributed by atoms with Gasteiger partial charge in [-0.15, -0.1) is 0 Å². The van der Waals surface area contributed by atoms with E-state index in [1.54, 1.807) is 13.1 Å². The van der Waals surface area contributed by atoms with Crippen LogP contribution in [-0.2, 0) is 16.8 Å². The quantitative estimate of drug-likeness (QED) is 0.617. The van der Waals surface area contributed by atoms with Crippen molar-refractivity contribution in [2.24, 2.45) is 0 Å². The van der Waals surface area contributed by atoms with Crippen molar-refractivity contribution >= 4 is 10.2 Å². The fourth-order valence-electron chi connectivity index (χ4n) is 1.33. The summed E-state index contributed by atoms with van der Waals surface area (Å²) in [7, 11) is -1.90. The lowest BCUT2D eigenvalue weighted by Crippen LogP contribution is -2.39. The van der Waals surface area contributed by atoms with Crippen LogP contribution in [0.15, 0.2) is 16.9 Å². The molecule has 0 spiro atoms. The second-order valence-corrected chi connectivity index (χ2v) is 5.71. The highest BCUT2D eigenvalue weighted by Crippen LogP contribution is 1.99. The van der Waals surface area contributed by atoms with Crippen molar-refractivity contribution in [3.05, 3.63) is 18.0 Å². The smallest absolute Gasteiger partial charge is 0.279 e. The van der Waals surface area contributed by atoms with Gasteiger partial charge in [-0.05, 0) is 19.5 Å². The second kappa shape index (κ2) is 7.47. The van der Waals surface area contributed by atoms with Crippen LogP contribution in [0.25, 0.3) is 0 Å². The number of hydrogen-bond donors (Lipinski definition) is 2. The van der Waals surface area contributed by atoms with Gasteiger partial charge < -0.3 is 9.84 Å². The Bertz CT molecular complexity index is 418. The summed E-state index contributed by atoms with van der Waals surface area (Å²) in [5.41, 5.74) is 0.555. The van der Waals surface area contributed by atoms with Crippen LogP contribution in [0, 0.1) is 0 Å². The SMILES string of the molecule is CCNCCCN(C)S(=O)(=O)NCc1ccon1. The van der Waals surface area contributed by atoms with Crippen LogP contribution in [0.1, 0.15) is 19.0 Å². The monoisotopic (exact) mass is 276 g/mol. The Hall–Kier alpha value is -0.960. The van der Waals surface area contributed by atoms with E-state index < -0.39 is 10.2 Å². The summed E-state index contributed by atoms with van der Waals surface area (Å²) >= 11 is 0. The van der Waals surface area contributed by atoms with Gasteiger partial charge in [0.05, 0.1) is 12.2 Å². The predicted molar refractivity (Wildman–Crippen MR) is 68.1 cm³/mol. The van der Waals surface area contributed by atoms with Gasteiger partial charge in [-0.25, -0.2) is 0 Å². The molecule has 0 saturated carbocycles. The van der Waals surface area contributed by atoms with Gasteiger partial charge in [0.1, 0.15) is 6.26 Å². The topological polar surface area (TPSA) is 87.5 Å². The first kappa shape index (κ1) is 15.1. The first-order valence-electron chi connectivity index (χ1n) is 5.87. The average Bonchev–Trinajstić information content (AvgIpc) is 2.85. The molecule has 0 bridgehead atoms. The lowest BCUT2D eigenvalue weighted by atomic mass is 10.4. The van der Waals surface area contributed by atoms with Gasteiger partial charge in [-0.1, -0.05) is 12.1 Å². The molecule has 1 rings (SSSR count). The largest absolute Gasteiger partial charge is 0.364 e. The molecule has 8 heteroatoms. The molecular weight excluding hydrogens is 256 g/mol. The van der Waals surface area contributed by atoms with E-state index in [9.17, 15) is 8.42 Å². The maximum atomic E-state index is 11.8. The lowest BCUT2D eigenvalue weighted by molar-refractivity contribution is 0.409. The molecule has 0 aliphatic heterocycles. The molecule has 104 valence electrons. The molecule has 1 heterocycles. The van der Waals surface area contributed by atoms with E-state index in [2.05, 4.69) is 19.7 Å². The van der Waals surface area contributed by atoms with Crippen LogP contribution in [0.3, 0.4) is 0 Å².